The van der Waals surface area contributed by atoms with Crippen LogP contribution in [-0.2, 0) is 12.8 Å². The van der Waals surface area contributed by atoms with E-state index in [4.69, 9.17) is 4.98 Å². The van der Waals surface area contributed by atoms with E-state index < -0.39 is 0 Å². The van der Waals surface area contributed by atoms with Gasteiger partial charge in [-0.25, -0.2) is 4.98 Å². The SMILES string of the molecule is N#Cc1cc2c(nc1N1CCCC(C3CCNC3)C1)CCCC2. The molecule has 2 unspecified atom stereocenters. The molecule has 1 N–H and O–H groups in total. The first-order chi connectivity index (χ1) is 11.3. The van der Waals surface area contributed by atoms with Crippen LogP contribution < -0.4 is 10.2 Å². The minimum atomic E-state index is 0.753. The van der Waals surface area contributed by atoms with Gasteiger partial charge in [0.05, 0.1) is 5.56 Å². The number of piperidine rings is 1. The number of nitrogens with one attached hydrogen (secondary N) is 1. The van der Waals surface area contributed by atoms with Gasteiger partial charge in [-0.2, -0.15) is 5.26 Å². The van der Waals surface area contributed by atoms with E-state index in [0.29, 0.717) is 0 Å². The third-order valence-electron chi connectivity index (χ3n) is 5.92. The Morgan fingerprint density at radius 2 is 2.09 bits per heavy atom. The summed E-state index contributed by atoms with van der Waals surface area (Å²) in [5, 5.41) is 13.1. The topological polar surface area (TPSA) is 52.0 Å². The monoisotopic (exact) mass is 310 g/mol. The maximum atomic E-state index is 9.60. The van der Waals surface area contributed by atoms with Crippen LogP contribution in [0, 0.1) is 23.2 Å². The molecule has 4 nitrogen and oxygen atoms in total. The fourth-order valence-electron chi connectivity index (χ4n) is 4.61. The molecule has 0 radical (unpaired) electrons. The summed E-state index contributed by atoms with van der Waals surface area (Å²) in [5.74, 6) is 2.52. The molecule has 23 heavy (non-hydrogen) atoms. The van der Waals surface area contributed by atoms with Gasteiger partial charge in [0.15, 0.2) is 0 Å². The summed E-state index contributed by atoms with van der Waals surface area (Å²) in [6.07, 6.45) is 8.51. The number of nitrogens with zero attached hydrogens (tertiary/aromatic N) is 3. The first-order valence-corrected chi connectivity index (χ1v) is 9.23. The van der Waals surface area contributed by atoms with E-state index in [1.165, 1.54) is 56.5 Å². The minimum absolute atomic E-state index is 0.753. The average Bonchev–Trinajstić information content (AvgIpc) is 3.15. The van der Waals surface area contributed by atoms with Gasteiger partial charge in [-0.15, -0.1) is 0 Å². The molecule has 1 aliphatic carbocycles. The van der Waals surface area contributed by atoms with Crippen LogP contribution in [0.5, 0.6) is 0 Å². The molecule has 2 aliphatic heterocycles. The third-order valence-corrected chi connectivity index (χ3v) is 5.92. The van der Waals surface area contributed by atoms with Gasteiger partial charge in [-0.05, 0) is 81.5 Å². The van der Waals surface area contributed by atoms with Gasteiger partial charge < -0.3 is 10.2 Å². The standard InChI is InChI=1S/C19H26N4/c20-11-17-10-14-4-1-2-6-18(14)22-19(17)23-9-3-5-16(13-23)15-7-8-21-12-15/h10,15-16,21H,1-9,12-13H2. The van der Waals surface area contributed by atoms with Crippen LogP contribution in [0.4, 0.5) is 5.82 Å². The van der Waals surface area contributed by atoms with Crippen LogP contribution in [0.1, 0.15) is 48.9 Å². The Morgan fingerprint density at radius 3 is 2.91 bits per heavy atom. The van der Waals surface area contributed by atoms with Crippen LogP contribution in [0.2, 0.25) is 0 Å². The van der Waals surface area contributed by atoms with Crippen molar-refractivity contribution >= 4 is 5.82 Å². The van der Waals surface area contributed by atoms with E-state index in [0.717, 1.165) is 49.1 Å². The van der Waals surface area contributed by atoms with Gasteiger partial charge in [-0.3, -0.25) is 0 Å². The zero-order valence-corrected chi connectivity index (χ0v) is 13.9. The van der Waals surface area contributed by atoms with E-state index in [1.54, 1.807) is 0 Å². The summed E-state index contributed by atoms with van der Waals surface area (Å²) in [4.78, 5) is 7.36. The molecular weight excluding hydrogens is 284 g/mol. The fourth-order valence-corrected chi connectivity index (χ4v) is 4.61. The second kappa shape index (κ2) is 6.49. The normalized spacial score (nSPS) is 27.5. The summed E-state index contributed by atoms with van der Waals surface area (Å²) in [5.41, 5.74) is 3.34. The van der Waals surface area contributed by atoms with Gasteiger partial charge in [0.25, 0.3) is 0 Å². The number of aryl methyl sites for hydroxylation is 2. The van der Waals surface area contributed by atoms with Crippen molar-refractivity contribution < 1.29 is 0 Å². The number of fused-ring (bicyclic) bond motifs is 1. The van der Waals surface area contributed by atoms with E-state index in [-0.39, 0.29) is 0 Å². The quantitative estimate of drug-likeness (QED) is 0.912. The molecule has 4 rings (SSSR count). The smallest absolute Gasteiger partial charge is 0.146 e. The Morgan fingerprint density at radius 1 is 1.17 bits per heavy atom. The highest BCUT2D eigenvalue weighted by atomic mass is 15.2. The zero-order chi connectivity index (χ0) is 15.6. The zero-order valence-electron chi connectivity index (χ0n) is 13.9. The summed E-state index contributed by atoms with van der Waals surface area (Å²) in [6.45, 7) is 4.47. The maximum Gasteiger partial charge on any atom is 0.146 e. The molecule has 0 saturated carbocycles. The van der Waals surface area contributed by atoms with Crippen molar-refractivity contribution in [2.75, 3.05) is 31.1 Å². The van der Waals surface area contributed by atoms with Gasteiger partial charge in [0.2, 0.25) is 0 Å². The molecule has 4 heteroatoms. The highest BCUT2D eigenvalue weighted by Gasteiger charge is 2.31. The molecule has 2 saturated heterocycles. The van der Waals surface area contributed by atoms with Crippen molar-refractivity contribution in [1.82, 2.24) is 10.3 Å². The lowest BCUT2D eigenvalue weighted by molar-refractivity contribution is 0.301. The van der Waals surface area contributed by atoms with Crippen molar-refractivity contribution in [1.29, 1.82) is 5.26 Å². The highest BCUT2D eigenvalue weighted by Crippen LogP contribution is 2.32. The van der Waals surface area contributed by atoms with Crippen LogP contribution in [0.3, 0.4) is 0 Å². The molecule has 122 valence electrons. The number of hydrogen-bond acceptors (Lipinski definition) is 4. The number of aromatic nitrogens is 1. The Balaban J connectivity index is 1.60. The number of pyridine rings is 1. The molecular formula is C19H26N4. The number of nitriles is 1. The van der Waals surface area contributed by atoms with E-state index >= 15 is 0 Å². The largest absolute Gasteiger partial charge is 0.355 e. The summed E-state index contributed by atoms with van der Waals surface area (Å²) >= 11 is 0. The van der Waals surface area contributed by atoms with Crippen molar-refractivity contribution in [3.63, 3.8) is 0 Å². The van der Waals surface area contributed by atoms with E-state index in [2.05, 4.69) is 22.4 Å². The fraction of sp³-hybridized carbons (Fsp3) is 0.684. The van der Waals surface area contributed by atoms with E-state index in [1.807, 2.05) is 0 Å². The number of anilines is 1. The lowest BCUT2D eigenvalue weighted by Gasteiger charge is -2.37. The molecule has 0 aromatic carbocycles. The lowest BCUT2D eigenvalue weighted by atomic mass is 9.84. The first kappa shape index (κ1) is 15.0. The second-order valence-electron chi connectivity index (χ2n) is 7.39. The molecule has 3 aliphatic rings. The highest BCUT2D eigenvalue weighted by molar-refractivity contribution is 5.56. The Bertz CT molecular complexity index is 613. The second-order valence-corrected chi connectivity index (χ2v) is 7.39. The Kier molecular flexibility index (Phi) is 4.22. The van der Waals surface area contributed by atoms with Gasteiger partial charge in [0, 0.05) is 18.8 Å². The summed E-state index contributed by atoms with van der Waals surface area (Å²) in [7, 11) is 0. The molecule has 0 bridgehead atoms. The van der Waals surface area contributed by atoms with Gasteiger partial charge in [0.1, 0.15) is 11.9 Å². The number of hydrogen-bond donors (Lipinski definition) is 1. The van der Waals surface area contributed by atoms with Crippen LogP contribution in [-0.4, -0.2) is 31.2 Å². The predicted molar refractivity (Wildman–Crippen MR) is 91.5 cm³/mol. The molecule has 1 aromatic heterocycles. The van der Waals surface area contributed by atoms with Gasteiger partial charge >= 0.3 is 0 Å². The molecule has 3 heterocycles. The molecule has 2 fully saturated rings. The van der Waals surface area contributed by atoms with Crippen molar-refractivity contribution in [2.24, 2.45) is 11.8 Å². The van der Waals surface area contributed by atoms with Crippen LogP contribution in [0.25, 0.3) is 0 Å². The summed E-state index contributed by atoms with van der Waals surface area (Å²) in [6, 6.07) is 4.53. The number of rotatable bonds is 2. The van der Waals surface area contributed by atoms with E-state index in [9.17, 15) is 5.26 Å². The molecule has 2 atom stereocenters. The summed E-state index contributed by atoms with van der Waals surface area (Å²) < 4.78 is 0. The van der Waals surface area contributed by atoms with Crippen molar-refractivity contribution in [3.05, 3.63) is 22.9 Å². The third kappa shape index (κ3) is 2.95. The Hall–Kier alpha value is -1.60. The molecule has 1 aromatic rings. The van der Waals surface area contributed by atoms with Crippen molar-refractivity contribution in [2.45, 2.75) is 44.9 Å². The van der Waals surface area contributed by atoms with Gasteiger partial charge in [-0.1, -0.05) is 0 Å². The molecule has 0 amide bonds. The lowest BCUT2D eigenvalue weighted by Crippen LogP contribution is -2.40. The molecule has 0 spiro atoms. The van der Waals surface area contributed by atoms with Crippen molar-refractivity contribution in [3.8, 4) is 6.07 Å². The van der Waals surface area contributed by atoms with Crippen LogP contribution >= 0.6 is 0 Å². The minimum Gasteiger partial charge on any atom is -0.355 e. The maximum absolute atomic E-state index is 9.60. The first-order valence-electron chi connectivity index (χ1n) is 9.23. The van der Waals surface area contributed by atoms with Crippen LogP contribution in [0.15, 0.2) is 6.07 Å². The predicted octanol–water partition coefficient (Wildman–Crippen LogP) is 2.66. The average molecular weight is 310 g/mol. The Labute approximate surface area is 138 Å².